The average molecular weight is 396 g/mol. The second-order valence-corrected chi connectivity index (χ2v) is 8.54. The lowest BCUT2D eigenvalue weighted by Gasteiger charge is -2.27. The third-order valence-electron chi connectivity index (χ3n) is 5.31. The minimum absolute atomic E-state index is 0.0686. The van der Waals surface area contributed by atoms with Gasteiger partial charge in [0.15, 0.2) is 0 Å². The van der Waals surface area contributed by atoms with Crippen LogP contribution in [0.15, 0.2) is 46.1 Å². The number of fused-ring (bicyclic) bond motifs is 4. The molecule has 2 aromatic heterocycles. The highest BCUT2D eigenvalue weighted by molar-refractivity contribution is 7.99. The van der Waals surface area contributed by atoms with E-state index in [9.17, 15) is 4.79 Å². The summed E-state index contributed by atoms with van der Waals surface area (Å²) in [5, 5.41) is 1.59. The summed E-state index contributed by atoms with van der Waals surface area (Å²) in [5.41, 5.74) is 6.62. The Hall–Kier alpha value is -2.37. The van der Waals surface area contributed by atoms with E-state index >= 15 is 0 Å². The lowest BCUT2D eigenvalue weighted by atomic mass is 9.99. The second-order valence-electron chi connectivity index (χ2n) is 6.97. The summed E-state index contributed by atoms with van der Waals surface area (Å²) < 4.78 is 0. The van der Waals surface area contributed by atoms with Crippen LogP contribution in [-0.4, -0.2) is 29.3 Å². The number of halogens is 1. The molecule has 0 unspecified atom stereocenters. The number of thioether (sulfide) groups is 1. The van der Waals surface area contributed by atoms with Gasteiger partial charge in [-0.3, -0.25) is 4.79 Å². The van der Waals surface area contributed by atoms with Crippen molar-refractivity contribution in [2.24, 2.45) is 0 Å². The Bertz CT molecular complexity index is 1270. The van der Waals surface area contributed by atoms with Crippen molar-refractivity contribution in [1.82, 2.24) is 9.97 Å². The first kappa shape index (κ1) is 16.8. The number of hydrogen-bond acceptors (Lipinski definition) is 3. The smallest absolute Gasteiger partial charge is 0.252 e. The number of hydrogen-bond donors (Lipinski definition) is 2. The molecular weight excluding hydrogens is 378 g/mol. The molecule has 0 fully saturated rings. The van der Waals surface area contributed by atoms with Crippen molar-refractivity contribution < 1.29 is 0 Å². The first-order chi connectivity index (χ1) is 13.0. The van der Waals surface area contributed by atoms with Gasteiger partial charge >= 0.3 is 0 Å². The topological polar surface area (TPSA) is 51.9 Å². The van der Waals surface area contributed by atoms with Crippen molar-refractivity contribution in [3.05, 3.63) is 57.3 Å². The minimum atomic E-state index is -0.0686. The molecule has 5 rings (SSSR count). The molecule has 6 heteroatoms. The van der Waals surface area contributed by atoms with Gasteiger partial charge in [0.1, 0.15) is 0 Å². The molecule has 136 valence electrons. The van der Waals surface area contributed by atoms with E-state index in [1.54, 1.807) is 0 Å². The standard InChI is InChI=1S/C21H18ClN3OS/c1-11-18(12-3-6-16-17(9-12)27-8-7-25(16)2)20-19(24-21(11)26)14-10-13(22)4-5-15(14)23-20/h3-6,9-10,23H,7-8H2,1-2H3,(H,24,26). The number of pyridine rings is 1. The molecule has 4 nitrogen and oxygen atoms in total. The summed E-state index contributed by atoms with van der Waals surface area (Å²) in [6.07, 6.45) is 0. The SMILES string of the molecule is Cc1c(-c2ccc3c(c2)SCCN3C)c2[nH]c3ccc(Cl)cc3c2[nH]c1=O. The third kappa shape index (κ3) is 2.57. The Kier molecular flexibility index (Phi) is 3.78. The van der Waals surface area contributed by atoms with Crippen LogP contribution in [0, 0.1) is 6.92 Å². The zero-order valence-electron chi connectivity index (χ0n) is 15.0. The molecule has 0 spiro atoms. The van der Waals surface area contributed by atoms with Crippen LogP contribution in [0.1, 0.15) is 5.56 Å². The Morgan fingerprint density at radius 3 is 2.81 bits per heavy atom. The molecule has 2 aromatic carbocycles. The number of H-pyrrole nitrogens is 2. The van der Waals surface area contributed by atoms with Gasteiger partial charge in [0.2, 0.25) is 0 Å². The van der Waals surface area contributed by atoms with Crippen LogP contribution in [0.3, 0.4) is 0 Å². The Morgan fingerprint density at radius 2 is 1.96 bits per heavy atom. The van der Waals surface area contributed by atoms with Crippen molar-refractivity contribution in [2.45, 2.75) is 11.8 Å². The summed E-state index contributed by atoms with van der Waals surface area (Å²) in [4.78, 5) is 22.7. The molecule has 2 N–H and O–H groups in total. The lowest BCUT2D eigenvalue weighted by Crippen LogP contribution is -2.24. The first-order valence-corrected chi connectivity index (χ1v) is 10.2. The number of nitrogens with one attached hydrogen (secondary N) is 2. The summed E-state index contributed by atoms with van der Waals surface area (Å²) >= 11 is 8.05. The molecule has 0 saturated heterocycles. The molecule has 0 aliphatic carbocycles. The molecule has 27 heavy (non-hydrogen) atoms. The van der Waals surface area contributed by atoms with Crippen LogP contribution in [0.2, 0.25) is 5.02 Å². The van der Waals surface area contributed by atoms with Crippen LogP contribution >= 0.6 is 23.4 Å². The molecule has 0 radical (unpaired) electrons. The van der Waals surface area contributed by atoms with Gasteiger partial charge in [-0.1, -0.05) is 17.7 Å². The van der Waals surface area contributed by atoms with Gasteiger partial charge in [-0.05, 0) is 42.8 Å². The van der Waals surface area contributed by atoms with Crippen LogP contribution in [0.5, 0.6) is 0 Å². The predicted octanol–water partition coefficient (Wildman–Crippen LogP) is 5.18. The van der Waals surface area contributed by atoms with Gasteiger partial charge in [0, 0.05) is 51.3 Å². The van der Waals surface area contributed by atoms with Gasteiger partial charge in [-0.15, -0.1) is 11.8 Å². The van der Waals surface area contributed by atoms with Crippen molar-refractivity contribution in [3.63, 3.8) is 0 Å². The number of nitrogens with zero attached hydrogens (tertiary/aromatic N) is 1. The van der Waals surface area contributed by atoms with Crippen molar-refractivity contribution in [3.8, 4) is 11.1 Å². The van der Waals surface area contributed by atoms with E-state index in [1.165, 1.54) is 10.6 Å². The largest absolute Gasteiger partial charge is 0.373 e. The van der Waals surface area contributed by atoms with Crippen molar-refractivity contribution >= 4 is 51.0 Å². The summed E-state index contributed by atoms with van der Waals surface area (Å²) in [7, 11) is 2.12. The van der Waals surface area contributed by atoms with Gasteiger partial charge in [-0.25, -0.2) is 0 Å². The molecule has 0 bridgehead atoms. The number of aromatic nitrogens is 2. The zero-order chi connectivity index (χ0) is 18.7. The van der Waals surface area contributed by atoms with Crippen molar-refractivity contribution in [2.75, 3.05) is 24.2 Å². The summed E-state index contributed by atoms with van der Waals surface area (Å²) in [6.45, 7) is 2.93. The van der Waals surface area contributed by atoms with Crippen molar-refractivity contribution in [1.29, 1.82) is 0 Å². The van der Waals surface area contributed by atoms with Gasteiger partial charge in [0.05, 0.1) is 16.7 Å². The highest BCUT2D eigenvalue weighted by atomic mass is 35.5. The fourth-order valence-corrected chi connectivity index (χ4v) is 5.20. The first-order valence-electron chi connectivity index (χ1n) is 8.85. The molecule has 1 aliphatic heterocycles. The molecule has 1 aliphatic rings. The Labute approximate surface area is 165 Å². The fraction of sp³-hybridized carbons (Fsp3) is 0.190. The van der Waals surface area contributed by atoms with E-state index in [-0.39, 0.29) is 5.56 Å². The maximum absolute atomic E-state index is 12.7. The predicted molar refractivity (Wildman–Crippen MR) is 116 cm³/mol. The Balaban J connectivity index is 1.84. The summed E-state index contributed by atoms with van der Waals surface area (Å²) in [5.74, 6) is 1.07. The molecule has 0 atom stereocenters. The molecule has 3 heterocycles. The molecule has 4 aromatic rings. The highest BCUT2D eigenvalue weighted by Crippen LogP contribution is 2.39. The summed E-state index contributed by atoms with van der Waals surface area (Å²) in [6, 6.07) is 12.2. The monoisotopic (exact) mass is 395 g/mol. The maximum Gasteiger partial charge on any atom is 0.252 e. The fourth-order valence-electron chi connectivity index (χ4n) is 3.86. The molecular formula is C21H18ClN3OS. The van der Waals surface area contributed by atoms with E-state index in [0.717, 1.165) is 45.4 Å². The minimum Gasteiger partial charge on any atom is -0.373 e. The second kappa shape index (κ2) is 6.08. The number of aromatic amines is 2. The number of benzene rings is 2. The third-order valence-corrected chi connectivity index (χ3v) is 6.57. The van der Waals surface area contributed by atoms with Crippen LogP contribution in [0.4, 0.5) is 5.69 Å². The van der Waals surface area contributed by atoms with Gasteiger partial charge < -0.3 is 14.9 Å². The highest BCUT2D eigenvalue weighted by Gasteiger charge is 2.19. The maximum atomic E-state index is 12.7. The van der Waals surface area contributed by atoms with E-state index in [1.807, 2.05) is 36.9 Å². The molecule has 0 saturated carbocycles. The number of anilines is 1. The normalized spacial score (nSPS) is 14.1. The average Bonchev–Trinajstić information content (AvgIpc) is 3.00. The lowest BCUT2D eigenvalue weighted by molar-refractivity contribution is 0.944. The molecule has 0 amide bonds. The van der Waals surface area contributed by atoms with Crippen LogP contribution in [0.25, 0.3) is 33.1 Å². The van der Waals surface area contributed by atoms with E-state index in [2.05, 4.69) is 40.1 Å². The van der Waals surface area contributed by atoms with Gasteiger partial charge in [0.25, 0.3) is 5.56 Å². The number of rotatable bonds is 1. The van der Waals surface area contributed by atoms with E-state index < -0.39 is 0 Å². The Morgan fingerprint density at radius 1 is 1.11 bits per heavy atom. The van der Waals surface area contributed by atoms with Gasteiger partial charge in [-0.2, -0.15) is 0 Å². The van der Waals surface area contributed by atoms with Crippen LogP contribution < -0.4 is 10.5 Å². The van der Waals surface area contributed by atoms with E-state index in [0.29, 0.717) is 10.6 Å². The quantitative estimate of drug-likeness (QED) is 0.467. The van der Waals surface area contributed by atoms with E-state index in [4.69, 9.17) is 11.6 Å². The zero-order valence-corrected chi connectivity index (χ0v) is 16.6. The van der Waals surface area contributed by atoms with Crippen LogP contribution in [-0.2, 0) is 0 Å².